The molecule has 0 aliphatic rings. The number of aromatic amines is 1. The van der Waals surface area contributed by atoms with Crippen LogP contribution in [0.1, 0.15) is 52.2 Å². The maximum absolute atomic E-state index is 12.0. The van der Waals surface area contributed by atoms with E-state index in [1.807, 2.05) is 6.92 Å². The van der Waals surface area contributed by atoms with Gasteiger partial charge >= 0.3 is 0 Å². The molecule has 1 N–H and O–H groups in total. The highest BCUT2D eigenvalue weighted by Crippen LogP contribution is 2.24. The monoisotopic (exact) mass is 330 g/mol. The van der Waals surface area contributed by atoms with Gasteiger partial charge in [-0.3, -0.25) is 4.79 Å². The predicted octanol–water partition coefficient (Wildman–Crippen LogP) is 3.46. The van der Waals surface area contributed by atoms with E-state index >= 15 is 0 Å². The van der Waals surface area contributed by atoms with E-state index in [1.54, 1.807) is 0 Å². The van der Waals surface area contributed by atoms with E-state index in [0.29, 0.717) is 22.8 Å². The normalized spacial score (nSPS) is 13.3. The van der Waals surface area contributed by atoms with E-state index in [0.717, 1.165) is 12.1 Å². The van der Waals surface area contributed by atoms with Crippen molar-refractivity contribution in [3.63, 3.8) is 0 Å². The second kappa shape index (κ2) is 7.20. The van der Waals surface area contributed by atoms with E-state index in [1.165, 1.54) is 0 Å². The molecule has 19 heavy (non-hydrogen) atoms. The highest BCUT2D eigenvalue weighted by molar-refractivity contribution is 9.10. The summed E-state index contributed by atoms with van der Waals surface area (Å²) in [4.78, 5) is 19.4. The van der Waals surface area contributed by atoms with E-state index in [-0.39, 0.29) is 17.6 Å². The molecule has 0 bridgehead atoms. The lowest BCUT2D eigenvalue weighted by Gasteiger charge is -2.20. The van der Waals surface area contributed by atoms with Gasteiger partial charge in [-0.15, -0.1) is 0 Å². The van der Waals surface area contributed by atoms with Crippen LogP contribution in [0.3, 0.4) is 0 Å². The van der Waals surface area contributed by atoms with E-state index in [9.17, 15) is 4.79 Å². The first-order valence-corrected chi connectivity index (χ1v) is 7.56. The molecule has 108 valence electrons. The van der Waals surface area contributed by atoms with Crippen LogP contribution in [0.5, 0.6) is 0 Å². The fraction of sp³-hybridized carbons (Fsp3) is 0.714. The summed E-state index contributed by atoms with van der Waals surface area (Å²) in [5, 5.41) is 0. The Kier molecular flexibility index (Phi) is 6.20. The molecule has 1 aromatic heterocycles. The number of halogens is 1. The summed E-state index contributed by atoms with van der Waals surface area (Å²) in [6, 6.07) is 0. The Morgan fingerprint density at radius 2 is 1.95 bits per heavy atom. The third kappa shape index (κ3) is 4.42. The van der Waals surface area contributed by atoms with Gasteiger partial charge in [-0.25, -0.2) is 4.98 Å². The number of H-pyrrole nitrogens is 1. The first kappa shape index (κ1) is 16.4. The van der Waals surface area contributed by atoms with Crippen LogP contribution in [0.25, 0.3) is 0 Å². The van der Waals surface area contributed by atoms with Crippen LogP contribution in [0.4, 0.5) is 0 Å². The van der Waals surface area contributed by atoms with Gasteiger partial charge in [0.2, 0.25) is 0 Å². The molecule has 1 atom stereocenters. The summed E-state index contributed by atoms with van der Waals surface area (Å²) in [6.45, 7) is 10.9. The van der Waals surface area contributed by atoms with Crippen molar-refractivity contribution in [3.05, 3.63) is 26.3 Å². The third-order valence-corrected chi connectivity index (χ3v) is 3.59. The molecule has 4 nitrogen and oxygen atoms in total. The quantitative estimate of drug-likeness (QED) is 0.868. The van der Waals surface area contributed by atoms with Crippen molar-refractivity contribution >= 4 is 15.9 Å². The molecule has 1 rings (SSSR count). The van der Waals surface area contributed by atoms with Gasteiger partial charge in [-0.1, -0.05) is 27.7 Å². The predicted molar refractivity (Wildman–Crippen MR) is 80.3 cm³/mol. The first-order chi connectivity index (χ1) is 8.86. The topological polar surface area (TPSA) is 55.0 Å². The molecule has 0 amide bonds. The molecule has 5 heteroatoms. The Morgan fingerprint density at radius 3 is 2.42 bits per heavy atom. The first-order valence-electron chi connectivity index (χ1n) is 6.77. The number of aromatic nitrogens is 2. The molecule has 0 aromatic carbocycles. The van der Waals surface area contributed by atoms with Gasteiger partial charge in [0, 0.05) is 6.61 Å². The molecule has 1 heterocycles. The largest absolute Gasteiger partial charge is 0.370 e. The van der Waals surface area contributed by atoms with Crippen LogP contribution in [-0.2, 0) is 11.2 Å². The van der Waals surface area contributed by atoms with Gasteiger partial charge in [0.25, 0.3) is 5.56 Å². The Balaban J connectivity index is 3.21. The minimum absolute atomic E-state index is 0.133. The average Bonchev–Trinajstić information content (AvgIpc) is 2.30. The Labute approximate surface area is 123 Å². The van der Waals surface area contributed by atoms with Crippen molar-refractivity contribution in [1.29, 1.82) is 0 Å². The fourth-order valence-corrected chi connectivity index (χ4v) is 2.30. The van der Waals surface area contributed by atoms with Crippen LogP contribution in [-0.4, -0.2) is 16.6 Å². The summed E-state index contributed by atoms with van der Waals surface area (Å²) < 4.78 is 6.23. The van der Waals surface area contributed by atoms with Crippen molar-refractivity contribution in [2.24, 2.45) is 11.8 Å². The molecular formula is C14H23BrN2O2. The highest BCUT2D eigenvalue weighted by Gasteiger charge is 2.21. The van der Waals surface area contributed by atoms with Crippen LogP contribution in [0.2, 0.25) is 0 Å². The number of ether oxygens (including phenoxy) is 1. The van der Waals surface area contributed by atoms with E-state index in [2.05, 4.69) is 53.6 Å². The molecule has 0 saturated carbocycles. The second-order valence-corrected chi connectivity index (χ2v) is 6.22. The second-order valence-electron chi connectivity index (χ2n) is 5.43. The summed E-state index contributed by atoms with van der Waals surface area (Å²) in [5.74, 6) is 1.33. The highest BCUT2D eigenvalue weighted by atomic mass is 79.9. The van der Waals surface area contributed by atoms with Gasteiger partial charge in [0.05, 0.1) is 5.69 Å². The van der Waals surface area contributed by atoms with Crippen molar-refractivity contribution in [2.75, 3.05) is 6.61 Å². The zero-order chi connectivity index (χ0) is 14.6. The lowest BCUT2D eigenvalue weighted by Crippen LogP contribution is -2.22. The molecule has 0 fully saturated rings. The van der Waals surface area contributed by atoms with Gasteiger partial charge < -0.3 is 9.72 Å². The zero-order valence-corrected chi connectivity index (χ0v) is 13.9. The van der Waals surface area contributed by atoms with Gasteiger partial charge in [-0.2, -0.15) is 0 Å². The number of rotatable bonds is 6. The molecule has 0 spiro atoms. The van der Waals surface area contributed by atoms with Crippen molar-refractivity contribution in [3.8, 4) is 0 Å². The maximum Gasteiger partial charge on any atom is 0.265 e. The van der Waals surface area contributed by atoms with Crippen LogP contribution in [0, 0.1) is 11.8 Å². The van der Waals surface area contributed by atoms with Crippen LogP contribution >= 0.6 is 15.9 Å². The molecule has 0 radical (unpaired) electrons. The van der Waals surface area contributed by atoms with Crippen molar-refractivity contribution in [1.82, 2.24) is 9.97 Å². The maximum atomic E-state index is 12.0. The van der Waals surface area contributed by atoms with Crippen LogP contribution in [0.15, 0.2) is 9.27 Å². The van der Waals surface area contributed by atoms with E-state index < -0.39 is 0 Å². The average molecular weight is 331 g/mol. The summed E-state index contributed by atoms with van der Waals surface area (Å²) >= 11 is 3.32. The standard InChI is InChI=1S/C14H23BrN2O2/c1-6-19-12(9(4)5)13-16-10(7-8(2)3)11(15)14(18)17-13/h8-9,12H,6-7H2,1-5H3,(H,16,17,18). The molecule has 0 saturated heterocycles. The summed E-state index contributed by atoms with van der Waals surface area (Å²) in [6.07, 6.45) is 0.603. The van der Waals surface area contributed by atoms with Crippen molar-refractivity contribution < 1.29 is 4.74 Å². The molecular weight excluding hydrogens is 308 g/mol. The van der Waals surface area contributed by atoms with Gasteiger partial charge in [-0.05, 0) is 41.1 Å². The Morgan fingerprint density at radius 1 is 1.32 bits per heavy atom. The molecule has 0 aliphatic heterocycles. The number of hydrogen-bond acceptors (Lipinski definition) is 3. The fourth-order valence-electron chi connectivity index (χ4n) is 1.95. The minimum Gasteiger partial charge on any atom is -0.370 e. The minimum atomic E-state index is -0.170. The zero-order valence-electron chi connectivity index (χ0n) is 12.3. The summed E-state index contributed by atoms with van der Waals surface area (Å²) in [7, 11) is 0. The Hall–Kier alpha value is -0.680. The number of hydrogen-bond donors (Lipinski definition) is 1. The molecule has 1 unspecified atom stereocenters. The lowest BCUT2D eigenvalue weighted by atomic mass is 10.1. The molecule has 0 aliphatic carbocycles. The van der Waals surface area contributed by atoms with E-state index in [4.69, 9.17) is 4.74 Å². The van der Waals surface area contributed by atoms with Gasteiger partial charge in [0.1, 0.15) is 16.4 Å². The Bertz CT molecular complexity index is 469. The van der Waals surface area contributed by atoms with Gasteiger partial charge in [0.15, 0.2) is 0 Å². The lowest BCUT2D eigenvalue weighted by molar-refractivity contribution is 0.0228. The number of nitrogens with one attached hydrogen (secondary N) is 1. The smallest absolute Gasteiger partial charge is 0.265 e. The van der Waals surface area contributed by atoms with Crippen molar-refractivity contribution in [2.45, 2.75) is 47.1 Å². The summed E-state index contributed by atoms with van der Waals surface area (Å²) in [5.41, 5.74) is 0.671. The third-order valence-electron chi connectivity index (χ3n) is 2.77. The van der Waals surface area contributed by atoms with Crippen LogP contribution < -0.4 is 5.56 Å². The number of nitrogens with zero attached hydrogens (tertiary/aromatic N) is 1. The SMILES string of the molecule is CCOC(c1nc(CC(C)C)c(Br)c(=O)[nH]1)C(C)C. The molecule has 1 aromatic rings.